The van der Waals surface area contributed by atoms with Gasteiger partial charge >= 0.3 is 0 Å². The number of aryl methyl sites for hydroxylation is 4. The van der Waals surface area contributed by atoms with Crippen LogP contribution in [0.2, 0.25) is 0 Å². The molecule has 0 aliphatic carbocycles. The van der Waals surface area contributed by atoms with E-state index in [4.69, 9.17) is 0 Å². The molecule has 1 atom stereocenters. The van der Waals surface area contributed by atoms with Gasteiger partial charge in [-0.15, -0.1) is 0 Å². The molecular formula is C19H25N5O. The van der Waals surface area contributed by atoms with Crippen molar-refractivity contribution >= 4 is 11.3 Å². The maximum atomic E-state index is 9.97. The van der Waals surface area contributed by atoms with Gasteiger partial charge < -0.3 is 10.4 Å². The second-order valence-electron chi connectivity index (χ2n) is 6.54. The monoisotopic (exact) mass is 339 g/mol. The first-order valence-electron chi connectivity index (χ1n) is 8.74. The first kappa shape index (κ1) is 17.2. The Morgan fingerprint density at radius 2 is 1.96 bits per heavy atom. The Labute approximate surface area is 147 Å². The molecule has 3 aromatic heterocycles. The lowest BCUT2D eigenvalue weighted by Crippen LogP contribution is -2.15. The lowest BCUT2D eigenvalue weighted by molar-refractivity contribution is 0.473. The zero-order valence-corrected chi connectivity index (χ0v) is 15.2. The molecule has 1 unspecified atom stereocenters. The molecule has 6 nitrogen and oxygen atoms in total. The molecule has 0 bridgehead atoms. The van der Waals surface area contributed by atoms with E-state index in [1.165, 1.54) is 0 Å². The number of aromatic nitrogens is 4. The predicted octanol–water partition coefficient (Wildman–Crippen LogP) is 3.44. The summed E-state index contributed by atoms with van der Waals surface area (Å²) in [7, 11) is 0. The van der Waals surface area contributed by atoms with Crippen molar-refractivity contribution in [3.8, 4) is 5.75 Å². The summed E-state index contributed by atoms with van der Waals surface area (Å²) in [6.07, 6.45) is 4.37. The molecule has 3 rings (SSSR count). The van der Waals surface area contributed by atoms with Gasteiger partial charge in [-0.3, -0.25) is 4.98 Å². The third kappa shape index (κ3) is 3.73. The van der Waals surface area contributed by atoms with Crippen molar-refractivity contribution in [2.45, 2.75) is 53.0 Å². The number of hydrogen-bond acceptors (Lipinski definition) is 5. The van der Waals surface area contributed by atoms with Gasteiger partial charge in [0.25, 0.3) is 0 Å². The predicted molar refractivity (Wildman–Crippen MR) is 99.1 cm³/mol. The maximum absolute atomic E-state index is 9.97. The Kier molecular flexibility index (Phi) is 4.88. The fraction of sp³-hybridized carbons (Fsp3) is 0.421. The van der Waals surface area contributed by atoms with Crippen molar-refractivity contribution in [2.24, 2.45) is 0 Å². The van der Waals surface area contributed by atoms with E-state index in [2.05, 4.69) is 40.3 Å². The minimum Gasteiger partial charge on any atom is -0.504 e. The van der Waals surface area contributed by atoms with Gasteiger partial charge in [0.2, 0.25) is 0 Å². The number of fused-ring (bicyclic) bond motifs is 1. The van der Waals surface area contributed by atoms with E-state index in [1.54, 1.807) is 6.07 Å². The second kappa shape index (κ2) is 7.09. The first-order valence-corrected chi connectivity index (χ1v) is 8.74. The van der Waals surface area contributed by atoms with Crippen LogP contribution in [0.25, 0.3) is 5.52 Å². The molecule has 132 valence electrons. The van der Waals surface area contributed by atoms with E-state index in [1.807, 2.05) is 30.6 Å². The van der Waals surface area contributed by atoms with E-state index in [0.29, 0.717) is 5.82 Å². The standard InChI is InChI=1S/C19H25N5O/c1-5-12(2)21-19-18(25)9-8-15(22-19)6-7-16-10-17-14(4)20-11-13(3)24(17)23-16/h8-12,25H,5-7H2,1-4H3,(H,21,22). The van der Waals surface area contributed by atoms with Crippen molar-refractivity contribution in [3.63, 3.8) is 0 Å². The van der Waals surface area contributed by atoms with Crippen molar-refractivity contribution in [2.75, 3.05) is 5.32 Å². The van der Waals surface area contributed by atoms with Gasteiger partial charge in [-0.2, -0.15) is 5.10 Å². The summed E-state index contributed by atoms with van der Waals surface area (Å²) in [5, 5.41) is 17.9. The zero-order valence-electron chi connectivity index (χ0n) is 15.2. The molecule has 6 heteroatoms. The number of rotatable bonds is 6. The average Bonchev–Trinajstić information content (AvgIpc) is 3.04. The molecule has 2 N–H and O–H groups in total. The first-order chi connectivity index (χ1) is 12.0. The topological polar surface area (TPSA) is 75.3 Å². The van der Waals surface area contributed by atoms with Crippen LogP contribution in [0.1, 0.15) is 43.0 Å². The molecule has 0 saturated heterocycles. The van der Waals surface area contributed by atoms with E-state index >= 15 is 0 Å². The highest BCUT2D eigenvalue weighted by molar-refractivity contribution is 5.53. The van der Waals surface area contributed by atoms with E-state index in [9.17, 15) is 5.11 Å². The SMILES string of the molecule is CCC(C)Nc1nc(CCc2cc3c(C)ncc(C)n3n2)ccc1O. The van der Waals surface area contributed by atoms with Crippen LogP contribution in [-0.4, -0.2) is 30.7 Å². The molecular weight excluding hydrogens is 314 g/mol. The van der Waals surface area contributed by atoms with Crippen LogP contribution in [0.5, 0.6) is 5.75 Å². The Morgan fingerprint density at radius 1 is 1.20 bits per heavy atom. The molecule has 3 heterocycles. The molecule has 3 aromatic rings. The van der Waals surface area contributed by atoms with Gasteiger partial charge in [0, 0.05) is 17.9 Å². The fourth-order valence-electron chi connectivity index (χ4n) is 2.72. The zero-order chi connectivity index (χ0) is 18.0. The summed E-state index contributed by atoms with van der Waals surface area (Å²) in [6.45, 7) is 8.17. The molecule has 0 saturated carbocycles. The third-order valence-electron chi connectivity index (χ3n) is 4.47. The van der Waals surface area contributed by atoms with Crippen LogP contribution in [-0.2, 0) is 12.8 Å². The van der Waals surface area contributed by atoms with Crippen LogP contribution in [0.15, 0.2) is 24.4 Å². The van der Waals surface area contributed by atoms with E-state index < -0.39 is 0 Å². The van der Waals surface area contributed by atoms with Gasteiger partial charge in [-0.05, 0) is 58.2 Å². The summed E-state index contributed by atoms with van der Waals surface area (Å²) in [5.41, 5.74) is 5.01. The van der Waals surface area contributed by atoms with Crippen LogP contribution in [0.3, 0.4) is 0 Å². The summed E-state index contributed by atoms with van der Waals surface area (Å²) in [5.74, 6) is 0.742. The molecule has 0 spiro atoms. The quantitative estimate of drug-likeness (QED) is 0.719. The van der Waals surface area contributed by atoms with Crippen molar-refractivity contribution in [3.05, 3.63) is 47.2 Å². The Bertz CT molecular complexity index is 848. The molecule has 0 aliphatic rings. The number of aromatic hydroxyl groups is 1. The molecule has 0 aliphatic heterocycles. The largest absolute Gasteiger partial charge is 0.504 e. The lowest BCUT2D eigenvalue weighted by Gasteiger charge is -2.14. The maximum Gasteiger partial charge on any atom is 0.168 e. The van der Waals surface area contributed by atoms with Crippen LogP contribution in [0.4, 0.5) is 5.82 Å². The Balaban J connectivity index is 1.76. The fourth-order valence-corrected chi connectivity index (χ4v) is 2.72. The third-order valence-corrected chi connectivity index (χ3v) is 4.47. The normalized spacial score (nSPS) is 12.5. The minimum atomic E-state index is 0.189. The van der Waals surface area contributed by atoms with Gasteiger partial charge in [0.1, 0.15) is 0 Å². The average molecular weight is 339 g/mol. The molecule has 0 amide bonds. The van der Waals surface area contributed by atoms with Crippen LogP contribution < -0.4 is 5.32 Å². The Hall–Kier alpha value is -2.63. The number of anilines is 1. The van der Waals surface area contributed by atoms with Crippen molar-refractivity contribution < 1.29 is 5.11 Å². The molecule has 25 heavy (non-hydrogen) atoms. The smallest absolute Gasteiger partial charge is 0.168 e. The number of nitrogens with one attached hydrogen (secondary N) is 1. The van der Waals surface area contributed by atoms with Gasteiger partial charge in [-0.1, -0.05) is 6.92 Å². The van der Waals surface area contributed by atoms with E-state index in [0.717, 1.165) is 47.6 Å². The van der Waals surface area contributed by atoms with Crippen LogP contribution in [0, 0.1) is 13.8 Å². The summed E-state index contributed by atoms with van der Waals surface area (Å²) >= 11 is 0. The number of pyridine rings is 1. The summed E-state index contributed by atoms with van der Waals surface area (Å²) in [4.78, 5) is 8.94. The highest BCUT2D eigenvalue weighted by Gasteiger charge is 2.10. The summed E-state index contributed by atoms with van der Waals surface area (Å²) < 4.78 is 1.94. The van der Waals surface area contributed by atoms with Gasteiger partial charge in [0.15, 0.2) is 11.6 Å². The number of nitrogens with zero attached hydrogens (tertiary/aromatic N) is 4. The van der Waals surface area contributed by atoms with E-state index in [-0.39, 0.29) is 11.8 Å². The summed E-state index contributed by atoms with van der Waals surface area (Å²) in [6, 6.07) is 5.93. The molecule has 0 aromatic carbocycles. The van der Waals surface area contributed by atoms with Crippen LogP contribution >= 0.6 is 0 Å². The molecule has 0 fully saturated rings. The number of hydrogen-bond donors (Lipinski definition) is 2. The van der Waals surface area contributed by atoms with Gasteiger partial charge in [-0.25, -0.2) is 9.50 Å². The lowest BCUT2D eigenvalue weighted by atomic mass is 10.1. The second-order valence-corrected chi connectivity index (χ2v) is 6.54. The minimum absolute atomic E-state index is 0.189. The highest BCUT2D eigenvalue weighted by Crippen LogP contribution is 2.22. The van der Waals surface area contributed by atoms with Crippen molar-refractivity contribution in [1.82, 2.24) is 19.6 Å². The highest BCUT2D eigenvalue weighted by atomic mass is 16.3. The Morgan fingerprint density at radius 3 is 2.68 bits per heavy atom. The van der Waals surface area contributed by atoms with Crippen molar-refractivity contribution in [1.29, 1.82) is 0 Å². The molecule has 0 radical (unpaired) electrons. The van der Waals surface area contributed by atoms with Gasteiger partial charge in [0.05, 0.1) is 22.6 Å².